The van der Waals surface area contributed by atoms with E-state index >= 15 is 0 Å². The fourth-order valence-electron chi connectivity index (χ4n) is 2.12. The molecule has 0 bridgehead atoms. The molecule has 0 saturated carbocycles. The molecule has 0 radical (unpaired) electrons. The summed E-state index contributed by atoms with van der Waals surface area (Å²) in [5.41, 5.74) is 1.24. The zero-order chi connectivity index (χ0) is 17.3. The molecule has 0 fully saturated rings. The fraction of sp³-hybridized carbons (Fsp3) is 0.267. The third kappa shape index (κ3) is 3.00. The molecule has 2 aromatic heterocycles. The Balaban J connectivity index is 1.83. The minimum atomic E-state index is -0.691. The summed E-state index contributed by atoms with van der Waals surface area (Å²) < 4.78 is 11.8. The minimum Gasteiger partial charge on any atom is -0.448 e. The van der Waals surface area contributed by atoms with Gasteiger partial charge in [-0.15, -0.1) is 5.10 Å². The van der Waals surface area contributed by atoms with E-state index in [1.165, 1.54) is 4.68 Å². The average molecular weight is 348 g/mol. The molecule has 0 amide bonds. The van der Waals surface area contributed by atoms with Crippen molar-refractivity contribution < 1.29 is 14.1 Å². The summed E-state index contributed by atoms with van der Waals surface area (Å²) in [4.78, 5) is 16.4. The molecule has 124 valence electrons. The van der Waals surface area contributed by atoms with Gasteiger partial charge in [0.1, 0.15) is 0 Å². The van der Waals surface area contributed by atoms with Crippen LogP contribution < -0.4 is 0 Å². The largest absolute Gasteiger partial charge is 0.448 e. The van der Waals surface area contributed by atoms with E-state index in [0.717, 1.165) is 0 Å². The maximum atomic E-state index is 12.3. The van der Waals surface area contributed by atoms with E-state index in [4.69, 9.17) is 20.9 Å². The number of aryl methyl sites for hydroxylation is 1. The highest BCUT2D eigenvalue weighted by Gasteiger charge is 2.24. The highest BCUT2D eigenvalue weighted by Crippen LogP contribution is 2.22. The van der Waals surface area contributed by atoms with Crippen molar-refractivity contribution in [1.29, 1.82) is 0 Å². The van der Waals surface area contributed by atoms with Crippen molar-refractivity contribution in [3.63, 3.8) is 0 Å². The van der Waals surface area contributed by atoms with Gasteiger partial charge in [-0.2, -0.15) is 4.98 Å². The highest BCUT2D eigenvalue weighted by atomic mass is 35.5. The summed E-state index contributed by atoms with van der Waals surface area (Å²) >= 11 is 6.15. The van der Waals surface area contributed by atoms with Crippen LogP contribution in [-0.4, -0.2) is 31.1 Å². The van der Waals surface area contributed by atoms with Crippen LogP contribution in [0.5, 0.6) is 0 Å². The number of ether oxygens (including phenoxy) is 1. The number of aromatic nitrogens is 5. The van der Waals surface area contributed by atoms with Crippen molar-refractivity contribution in [2.75, 3.05) is 0 Å². The maximum absolute atomic E-state index is 12.3. The van der Waals surface area contributed by atoms with Gasteiger partial charge in [0.15, 0.2) is 17.6 Å². The first-order chi connectivity index (χ1) is 11.5. The Morgan fingerprint density at radius 1 is 1.33 bits per heavy atom. The molecule has 0 saturated heterocycles. The Morgan fingerprint density at radius 3 is 2.75 bits per heavy atom. The molecule has 8 nitrogen and oxygen atoms in total. The number of esters is 1. The highest BCUT2D eigenvalue weighted by molar-refractivity contribution is 6.32. The molecule has 0 aliphatic carbocycles. The molecule has 1 unspecified atom stereocenters. The first kappa shape index (κ1) is 16.1. The lowest BCUT2D eigenvalue weighted by molar-refractivity contribution is 0.0257. The Morgan fingerprint density at radius 2 is 2.08 bits per heavy atom. The maximum Gasteiger partial charge on any atom is 0.361 e. The van der Waals surface area contributed by atoms with E-state index in [0.29, 0.717) is 22.2 Å². The number of carbonyl (C=O) groups excluding carboxylic acids is 1. The summed E-state index contributed by atoms with van der Waals surface area (Å²) in [5, 5.41) is 12.0. The average Bonchev–Trinajstić information content (AvgIpc) is 3.14. The fourth-order valence-corrected chi connectivity index (χ4v) is 2.33. The van der Waals surface area contributed by atoms with Gasteiger partial charge in [0.2, 0.25) is 0 Å². The predicted octanol–water partition coefficient (Wildman–Crippen LogP) is 2.84. The normalized spacial score (nSPS) is 12.2. The van der Waals surface area contributed by atoms with Crippen molar-refractivity contribution in [2.24, 2.45) is 0 Å². The number of para-hydroxylation sites is 1. The van der Waals surface area contributed by atoms with Crippen molar-refractivity contribution in [1.82, 2.24) is 25.1 Å². The molecule has 24 heavy (non-hydrogen) atoms. The number of nitrogens with zero attached hydrogens (tertiary/aromatic N) is 5. The summed E-state index contributed by atoms with van der Waals surface area (Å²) in [7, 11) is 0. The number of halogens is 1. The summed E-state index contributed by atoms with van der Waals surface area (Å²) in [6, 6.07) is 7.14. The molecular formula is C15H14ClN5O3. The van der Waals surface area contributed by atoms with E-state index in [1.54, 1.807) is 39.0 Å². The lowest BCUT2D eigenvalue weighted by atomic mass is 10.3. The topological polar surface area (TPSA) is 95.9 Å². The number of hydrogen-bond acceptors (Lipinski definition) is 7. The zero-order valence-corrected chi connectivity index (χ0v) is 14.0. The first-order valence-corrected chi connectivity index (χ1v) is 7.53. The van der Waals surface area contributed by atoms with Crippen LogP contribution in [0, 0.1) is 13.8 Å². The summed E-state index contributed by atoms with van der Waals surface area (Å²) in [6.07, 6.45) is -0.691. The lowest BCUT2D eigenvalue weighted by Crippen LogP contribution is -2.11. The Labute approximate surface area is 142 Å². The van der Waals surface area contributed by atoms with Crippen LogP contribution in [0.4, 0.5) is 0 Å². The second kappa shape index (κ2) is 6.40. The van der Waals surface area contributed by atoms with Crippen molar-refractivity contribution in [3.05, 3.63) is 52.4 Å². The second-order valence-electron chi connectivity index (χ2n) is 5.11. The van der Waals surface area contributed by atoms with E-state index in [1.807, 2.05) is 6.07 Å². The van der Waals surface area contributed by atoms with Gasteiger partial charge >= 0.3 is 5.97 Å². The molecule has 0 spiro atoms. The third-order valence-electron chi connectivity index (χ3n) is 3.34. The zero-order valence-electron chi connectivity index (χ0n) is 13.2. The molecular weight excluding hydrogens is 334 g/mol. The van der Waals surface area contributed by atoms with Gasteiger partial charge in [-0.05, 0) is 32.9 Å². The Bertz CT molecular complexity index is 889. The van der Waals surface area contributed by atoms with E-state index < -0.39 is 12.1 Å². The number of carbonyl (C=O) groups is 1. The second-order valence-corrected chi connectivity index (χ2v) is 5.52. The van der Waals surface area contributed by atoms with Gasteiger partial charge in [0.05, 0.1) is 16.4 Å². The van der Waals surface area contributed by atoms with E-state index in [2.05, 4.69) is 20.5 Å². The van der Waals surface area contributed by atoms with Gasteiger partial charge in [-0.3, -0.25) is 0 Å². The SMILES string of the molecule is Cc1noc(C(C)OC(=O)c2nnn(-c3ccccc3Cl)c2C)n1. The van der Waals surface area contributed by atoms with Crippen molar-refractivity contribution in [3.8, 4) is 5.69 Å². The number of rotatable bonds is 4. The number of benzene rings is 1. The van der Waals surface area contributed by atoms with E-state index in [9.17, 15) is 4.79 Å². The standard InChI is InChI=1S/C15H14ClN5O3/c1-8-13(15(22)23-9(2)14-17-10(3)19-24-14)18-20-21(8)12-7-5-4-6-11(12)16/h4-7,9H,1-3H3. The van der Waals surface area contributed by atoms with Crippen LogP contribution in [0.25, 0.3) is 5.69 Å². The Kier molecular flexibility index (Phi) is 4.30. The minimum absolute atomic E-state index is 0.0954. The van der Waals surface area contributed by atoms with Gasteiger partial charge in [0.25, 0.3) is 5.89 Å². The Hall–Kier alpha value is -2.74. The van der Waals surface area contributed by atoms with Crippen LogP contribution in [0.3, 0.4) is 0 Å². The molecule has 1 aromatic carbocycles. The first-order valence-electron chi connectivity index (χ1n) is 7.15. The molecule has 3 rings (SSSR count). The molecule has 2 heterocycles. The summed E-state index contributed by atoms with van der Waals surface area (Å²) in [6.45, 7) is 5.03. The number of hydrogen-bond donors (Lipinski definition) is 0. The smallest absolute Gasteiger partial charge is 0.361 e. The van der Waals surface area contributed by atoms with E-state index in [-0.39, 0.29) is 11.6 Å². The van der Waals surface area contributed by atoms with Crippen molar-refractivity contribution in [2.45, 2.75) is 26.9 Å². The third-order valence-corrected chi connectivity index (χ3v) is 3.66. The molecule has 3 aromatic rings. The quantitative estimate of drug-likeness (QED) is 0.669. The van der Waals surface area contributed by atoms with Crippen molar-refractivity contribution >= 4 is 17.6 Å². The molecule has 9 heteroatoms. The van der Waals surface area contributed by atoms with Crippen LogP contribution >= 0.6 is 11.6 Å². The monoisotopic (exact) mass is 347 g/mol. The van der Waals surface area contributed by atoms with Gasteiger partial charge in [-0.1, -0.05) is 34.1 Å². The van der Waals surface area contributed by atoms with Crippen LogP contribution in [-0.2, 0) is 4.74 Å². The van der Waals surface area contributed by atoms with Crippen LogP contribution in [0.15, 0.2) is 28.8 Å². The van der Waals surface area contributed by atoms with Crippen LogP contribution in [0.2, 0.25) is 5.02 Å². The van der Waals surface area contributed by atoms with Crippen LogP contribution in [0.1, 0.15) is 40.9 Å². The van der Waals surface area contributed by atoms with Gasteiger partial charge in [-0.25, -0.2) is 9.48 Å². The van der Waals surface area contributed by atoms with Gasteiger partial charge < -0.3 is 9.26 Å². The summed E-state index contributed by atoms with van der Waals surface area (Å²) in [5.74, 6) is 0.0555. The van der Waals surface area contributed by atoms with Gasteiger partial charge in [0, 0.05) is 0 Å². The molecule has 0 aliphatic rings. The molecule has 1 atom stereocenters. The molecule has 0 aliphatic heterocycles. The predicted molar refractivity (Wildman–Crippen MR) is 84.0 cm³/mol. The molecule has 0 N–H and O–H groups in total. The lowest BCUT2D eigenvalue weighted by Gasteiger charge is -2.08.